The highest BCUT2D eigenvalue weighted by molar-refractivity contribution is 5.66. The van der Waals surface area contributed by atoms with Gasteiger partial charge in [-0.15, -0.1) is 0 Å². The highest BCUT2D eigenvalue weighted by atomic mass is 16.3. The molecule has 4 N–H and O–H groups in total. The third-order valence-corrected chi connectivity index (χ3v) is 3.46. The summed E-state index contributed by atoms with van der Waals surface area (Å²) in [5.74, 6) is -0.262. The van der Waals surface area contributed by atoms with Gasteiger partial charge in [0.05, 0.1) is 23.2 Å². The molecule has 4 heteroatoms. The van der Waals surface area contributed by atoms with Gasteiger partial charge in [-0.05, 0) is 23.3 Å². The van der Waals surface area contributed by atoms with E-state index in [4.69, 9.17) is 11.0 Å². The molecule has 1 atom stereocenters. The molecule has 0 amide bonds. The van der Waals surface area contributed by atoms with Gasteiger partial charge >= 0.3 is 0 Å². The summed E-state index contributed by atoms with van der Waals surface area (Å²) >= 11 is 0. The summed E-state index contributed by atoms with van der Waals surface area (Å²) in [4.78, 5) is 0. The van der Waals surface area contributed by atoms with Gasteiger partial charge in [0, 0.05) is 5.69 Å². The van der Waals surface area contributed by atoms with Gasteiger partial charge in [-0.25, -0.2) is 0 Å². The lowest BCUT2D eigenvalue weighted by atomic mass is 9.85. The van der Waals surface area contributed by atoms with Crippen molar-refractivity contribution in [1.82, 2.24) is 0 Å². The fourth-order valence-electron chi connectivity index (χ4n) is 2.49. The second-order valence-electron chi connectivity index (χ2n) is 4.69. The Hall–Kier alpha value is -2.93. The van der Waals surface area contributed by atoms with Crippen LogP contribution in [0.3, 0.4) is 0 Å². The van der Waals surface area contributed by atoms with Gasteiger partial charge in [-0.3, -0.25) is 0 Å². The first-order chi connectivity index (χ1) is 9.70. The standard InChI is InChI=1S/C16H13N3O/c17-9-10-6-7-12-13(8-10)19-16(20)15(18)14(12)11-4-2-1-3-5-11/h1-8,14,19-20H,18H2. The monoisotopic (exact) mass is 263 g/mol. The molecule has 2 aromatic rings. The number of aliphatic hydroxyl groups excluding tert-OH is 1. The molecule has 0 aliphatic carbocycles. The van der Waals surface area contributed by atoms with Gasteiger partial charge in [0.25, 0.3) is 0 Å². The summed E-state index contributed by atoms with van der Waals surface area (Å²) in [6, 6.07) is 17.2. The van der Waals surface area contributed by atoms with Crippen molar-refractivity contribution in [3.05, 3.63) is 76.8 Å². The third-order valence-electron chi connectivity index (χ3n) is 3.46. The molecule has 0 radical (unpaired) electrons. The lowest BCUT2D eigenvalue weighted by Crippen LogP contribution is -2.23. The second-order valence-corrected chi connectivity index (χ2v) is 4.69. The highest BCUT2D eigenvalue weighted by Crippen LogP contribution is 2.39. The minimum absolute atomic E-state index is 0.0542. The average Bonchev–Trinajstić information content (AvgIpc) is 2.49. The Kier molecular flexibility index (Phi) is 2.81. The van der Waals surface area contributed by atoms with Crippen LogP contribution in [0.1, 0.15) is 22.6 Å². The van der Waals surface area contributed by atoms with Crippen LogP contribution in [-0.4, -0.2) is 5.11 Å². The molecule has 0 bridgehead atoms. The molecule has 20 heavy (non-hydrogen) atoms. The summed E-state index contributed by atoms with van der Waals surface area (Å²) in [5.41, 5.74) is 9.63. The molecule has 1 heterocycles. The van der Waals surface area contributed by atoms with Crippen LogP contribution in [-0.2, 0) is 0 Å². The second kappa shape index (κ2) is 4.63. The SMILES string of the molecule is N#Cc1ccc2c(c1)NC(O)=C(N)C2c1ccccc1. The quantitative estimate of drug-likeness (QED) is 0.739. The molecule has 0 saturated heterocycles. The molecule has 2 aromatic carbocycles. The number of fused-ring (bicyclic) bond motifs is 1. The van der Waals surface area contributed by atoms with E-state index in [0.717, 1.165) is 11.1 Å². The molecular formula is C16H13N3O. The zero-order valence-electron chi connectivity index (χ0n) is 10.7. The van der Waals surface area contributed by atoms with Gasteiger partial charge in [0.2, 0.25) is 5.88 Å². The van der Waals surface area contributed by atoms with Gasteiger partial charge in [-0.1, -0.05) is 36.4 Å². The number of benzene rings is 2. The van der Waals surface area contributed by atoms with Crippen LogP contribution < -0.4 is 11.1 Å². The van der Waals surface area contributed by atoms with E-state index in [1.807, 2.05) is 36.4 Å². The van der Waals surface area contributed by atoms with Crippen molar-refractivity contribution in [2.75, 3.05) is 5.32 Å². The van der Waals surface area contributed by atoms with Gasteiger partial charge in [-0.2, -0.15) is 5.26 Å². The zero-order valence-corrected chi connectivity index (χ0v) is 10.7. The summed E-state index contributed by atoms with van der Waals surface area (Å²) in [6.07, 6.45) is 0. The van der Waals surface area contributed by atoms with E-state index in [0.29, 0.717) is 16.9 Å². The van der Waals surface area contributed by atoms with Crippen molar-refractivity contribution in [1.29, 1.82) is 5.26 Å². The molecule has 1 unspecified atom stereocenters. The van der Waals surface area contributed by atoms with E-state index in [1.54, 1.807) is 12.1 Å². The summed E-state index contributed by atoms with van der Waals surface area (Å²) in [6.45, 7) is 0. The van der Waals surface area contributed by atoms with E-state index in [9.17, 15) is 5.11 Å². The van der Waals surface area contributed by atoms with Crippen LogP contribution in [0.25, 0.3) is 0 Å². The van der Waals surface area contributed by atoms with Crippen molar-refractivity contribution in [3.63, 3.8) is 0 Å². The number of rotatable bonds is 1. The van der Waals surface area contributed by atoms with Crippen molar-refractivity contribution < 1.29 is 5.11 Å². The zero-order chi connectivity index (χ0) is 14.1. The fourth-order valence-corrected chi connectivity index (χ4v) is 2.49. The predicted molar refractivity (Wildman–Crippen MR) is 76.9 cm³/mol. The van der Waals surface area contributed by atoms with Gasteiger partial charge < -0.3 is 16.2 Å². The Balaban J connectivity index is 2.18. The predicted octanol–water partition coefficient (Wildman–Crippen LogP) is 2.80. The normalized spacial score (nSPS) is 17.1. The number of nitriles is 1. The van der Waals surface area contributed by atoms with Crippen LogP contribution in [0.2, 0.25) is 0 Å². The summed E-state index contributed by atoms with van der Waals surface area (Å²) in [5, 5.41) is 21.8. The maximum atomic E-state index is 9.98. The molecule has 98 valence electrons. The Morgan fingerprint density at radius 1 is 1.15 bits per heavy atom. The smallest absolute Gasteiger partial charge is 0.209 e. The van der Waals surface area contributed by atoms with Crippen LogP contribution in [0, 0.1) is 11.3 Å². The number of nitrogens with two attached hydrogens (primary N) is 1. The van der Waals surface area contributed by atoms with E-state index < -0.39 is 0 Å². The molecular weight excluding hydrogens is 250 g/mol. The minimum Gasteiger partial charge on any atom is -0.493 e. The van der Waals surface area contributed by atoms with Crippen molar-refractivity contribution >= 4 is 5.69 Å². The molecule has 3 rings (SSSR count). The molecule has 0 fully saturated rings. The molecule has 0 aromatic heterocycles. The first-order valence-corrected chi connectivity index (χ1v) is 6.25. The average molecular weight is 263 g/mol. The van der Waals surface area contributed by atoms with Crippen molar-refractivity contribution in [2.24, 2.45) is 5.73 Å². The number of hydrogen-bond donors (Lipinski definition) is 3. The summed E-state index contributed by atoms with van der Waals surface area (Å²) < 4.78 is 0. The Morgan fingerprint density at radius 2 is 1.90 bits per heavy atom. The lowest BCUT2D eigenvalue weighted by Gasteiger charge is -2.27. The van der Waals surface area contributed by atoms with E-state index in [-0.39, 0.29) is 11.8 Å². The third kappa shape index (κ3) is 1.86. The van der Waals surface area contributed by atoms with Gasteiger partial charge in [0.15, 0.2) is 0 Å². The number of hydrogen-bond acceptors (Lipinski definition) is 4. The number of allylic oxidation sites excluding steroid dienone is 1. The lowest BCUT2D eigenvalue weighted by molar-refractivity contribution is 0.404. The van der Waals surface area contributed by atoms with Crippen molar-refractivity contribution in [3.8, 4) is 6.07 Å². The van der Waals surface area contributed by atoms with E-state index in [1.165, 1.54) is 0 Å². The number of nitrogens with zero attached hydrogens (tertiary/aromatic N) is 1. The number of anilines is 1. The molecule has 0 spiro atoms. The van der Waals surface area contributed by atoms with Crippen LogP contribution in [0.15, 0.2) is 60.1 Å². The molecule has 1 aliphatic heterocycles. The topological polar surface area (TPSA) is 82.1 Å². The summed E-state index contributed by atoms with van der Waals surface area (Å²) in [7, 11) is 0. The van der Waals surface area contributed by atoms with Crippen LogP contribution >= 0.6 is 0 Å². The van der Waals surface area contributed by atoms with Crippen molar-refractivity contribution in [2.45, 2.75) is 5.92 Å². The van der Waals surface area contributed by atoms with Gasteiger partial charge in [0.1, 0.15) is 0 Å². The first-order valence-electron chi connectivity index (χ1n) is 6.25. The largest absolute Gasteiger partial charge is 0.493 e. The van der Waals surface area contributed by atoms with E-state index >= 15 is 0 Å². The Labute approximate surface area is 116 Å². The molecule has 1 aliphatic rings. The fraction of sp³-hybridized carbons (Fsp3) is 0.0625. The van der Waals surface area contributed by atoms with E-state index in [2.05, 4.69) is 11.4 Å². The van der Waals surface area contributed by atoms with Crippen LogP contribution in [0.5, 0.6) is 0 Å². The number of aliphatic hydroxyl groups is 1. The maximum absolute atomic E-state index is 9.98. The van der Waals surface area contributed by atoms with Crippen LogP contribution in [0.4, 0.5) is 5.69 Å². The molecule has 4 nitrogen and oxygen atoms in total. The first kappa shape index (κ1) is 12.1. The number of nitrogens with one attached hydrogen (secondary N) is 1. The Morgan fingerprint density at radius 3 is 2.60 bits per heavy atom. The highest BCUT2D eigenvalue weighted by Gasteiger charge is 2.27. The molecule has 0 saturated carbocycles. The minimum atomic E-state index is -0.208. The maximum Gasteiger partial charge on any atom is 0.209 e. The Bertz CT molecular complexity index is 729.